The van der Waals surface area contributed by atoms with E-state index in [1.54, 1.807) is 0 Å². The second-order valence-electron chi connectivity index (χ2n) is 8.85. The van der Waals surface area contributed by atoms with Gasteiger partial charge in [-0.15, -0.1) is 0 Å². The molecule has 2 heterocycles. The average molecular weight is 334 g/mol. The van der Waals surface area contributed by atoms with Gasteiger partial charge in [0.1, 0.15) is 0 Å². The predicted molar refractivity (Wildman–Crippen MR) is 96.9 cm³/mol. The van der Waals surface area contributed by atoms with Crippen LogP contribution in [0.5, 0.6) is 0 Å². The zero-order valence-corrected chi connectivity index (χ0v) is 15.3. The van der Waals surface area contributed by atoms with Crippen LogP contribution < -0.4 is 5.32 Å². The predicted octanol–water partition coefficient (Wildman–Crippen LogP) is 2.49. The molecule has 2 saturated carbocycles. The molecule has 0 aromatic rings. The minimum Gasteiger partial charge on any atom is -0.341 e. The van der Waals surface area contributed by atoms with Crippen molar-refractivity contribution < 1.29 is 4.79 Å². The Kier molecular flexibility index (Phi) is 5.14. The Morgan fingerprint density at radius 1 is 0.958 bits per heavy atom. The first kappa shape index (κ1) is 16.8. The van der Waals surface area contributed by atoms with Crippen LogP contribution in [0.25, 0.3) is 0 Å². The maximum absolute atomic E-state index is 13.0. The molecule has 2 aliphatic carbocycles. The van der Waals surface area contributed by atoms with Crippen molar-refractivity contribution in [2.45, 2.75) is 57.8 Å². The number of hydrogen-bond acceptors (Lipinski definition) is 3. The van der Waals surface area contributed by atoms with Gasteiger partial charge in [-0.1, -0.05) is 19.3 Å². The zero-order valence-electron chi connectivity index (χ0n) is 15.3. The van der Waals surface area contributed by atoms with E-state index >= 15 is 0 Å². The van der Waals surface area contributed by atoms with E-state index in [1.807, 2.05) is 0 Å². The molecule has 2 aliphatic heterocycles. The van der Waals surface area contributed by atoms with Gasteiger partial charge >= 0.3 is 0 Å². The molecule has 1 N–H and O–H groups in total. The highest BCUT2D eigenvalue weighted by molar-refractivity contribution is 5.82. The molecule has 0 aromatic heterocycles. The van der Waals surface area contributed by atoms with Crippen LogP contribution >= 0.6 is 0 Å². The third-order valence-electron chi connectivity index (χ3n) is 7.23. The highest BCUT2D eigenvalue weighted by Gasteiger charge is 2.58. The van der Waals surface area contributed by atoms with Crippen molar-refractivity contribution in [1.29, 1.82) is 0 Å². The molecule has 1 unspecified atom stereocenters. The van der Waals surface area contributed by atoms with Crippen molar-refractivity contribution in [2.24, 2.45) is 17.3 Å². The fraction of sp³-hybridized carbons (Fsp3) is 0.950. The van der Waals surface area contributed by atoms with Crippen LogP contribution in [0.15, 0.2) is 0 Å². The maximum Gasteiger partial charge on any atom is 0.226 e. The van der Waals surface area contributed by atoms with Gasteiger partial charge in [0, 0.05) is 32.1 Å². The summed E-state index contributed by atoms with van der Waals surface area (Å²) in [5.74, 6) is 1.75. The molecular weight excluding hydrogens is 298 g/mol. The molecule has 2 saturated heterocycles. The van der Waals surface area contributed by atoms with Gasteiger partial charge in [-0.2, -0.15) is 0 Å². The highest BCUT2D eigenvalue weighted by atomic mass is 16.2. The van der Waals surface area contributed by atoms with E-state index in [4.69, 9.17) is 0 Å². The lowest BCUT2D eigenvalue weighted by Crippen LogP contribution is -2.39. The summed E-state index contributed by atoms with van der Waals surface area (Å²) >= 11 is 0. The van der Waals surface area contributed by atoms with Crippen LogP contribution in [0.2, 0.25) is 0 Å². The molecule has 4 nitrogen and oxygen atoms in total. The summed E-state index contributed by atoms with van der Waals surface area (Å²) in [4.78, 5) is 17.8. The van der Waals surface area contributed by atoms with Gasteiger partial charge in [-0.05, 0) is 69.5 Å². The molecule has 0 aromatic carbocycles. The fourth-order valence-corrected chi connectivity index (χ4v) is 5.50. The number of nitrogens with zero attached hydrogens (tertiary/aromatic N) is 2. The van der Waals surface area contributed by atoms with Crippen molar-refractivity contribution in [3.05, 3.63) is 0 Å². The SMILES string of the molecule is O=C(C1CC12CCNCC2)N1CCCN(CC2CCCCC2)CC1. The summed E-state index contributed by atoms with van der Waals surface area (Å²) in [5, 5.41) is 3.44. The summed E-state index contributed by atoms with van der Waals surface area (Å²) in [6.07, 6.45) is 11.9. The Labute approximate surface area is 147 Å². The quantitative estimate of drug-likeness (QED) is 0.862. The van der Waals surface area contributed by atoms with E-state index in [-0.39, 0.29) is 0 Å². The Balaban J connectivity index is 1.26. The molecule has 0 bridgehead atoms. The van der Waals surface area contributed by atoms with E-state index in [0.717, 1.165) is 45.1 Å². The lowest BCUT2D eigenvalue weighted by atomic mass is 9.89. The maximum atomic E-state index is 13.0. The minimum atomic E-state index is 0.351. The lowest BCUT2D eigenvalue weighted by molar-refractivity contribution is -0.133. The summed E-state index contributed by atoms with van der Waals surface area (Å²) < 4.78 is 0. The van der Waals surface area contributed by atoms with Crippen molar-refractivity contribution in [1.82, 2.24) is 15.1 Å². The third-order valence-corrected chi connectivity index (χ3v) is 7.23. The lowest BCUT2D eigenvalue weighted by Gasteiger charge is -2.29. The molecule has 1 amide bonds. The van der Waals surface area contributed by atoms with Crippen LogP contribution in [0.3, 0.4) is 0 Å². The second-order valence-corrected chi connectivity index (χ2v) is 8.85. The summed E-state index contributed by atoms with van der Waals surface area (Å²) in [6.45, 7) is 7.75. The average Bonchev–Trinajstić information content (AvgIpc) is 3.35. The number of piperidine rings is 1. The van der Waals surface area contributed by atoms with Crippen LogP contribution in [-0.2, 0) is 4.79 Å². The topological polar surface area (TPSA) is 35.6 Å². The Bertz CT molecular complexity index is 440. The Hall–Kier alpha value is -0.610. The standard InChI is InChI=1S/C20H35N3O/c24-19(18-15-20(18)7-9-21-10-8-20)23-12-4-11-22(13-14-23)16-17-5-2-1-3-6-17/h17-18,21H,1-16H2. The number of hydrogen-bond donors (Lipinski definition) is 1. The van der Waals surface area contributed by atoms with E-state index in [2.05, 4.69) is 15.1 Å². The second kappa shape index (κ2) is 7.33. The van der Waals surface area contributed by atoms with Gasteiger partial charge < -0.3 is 15.1 Å². The number of carbonyl (C=O) groups excluding carboxylic acids is 1. The Morgan fingerprint density at radius 3 is 2.54 bits per heavy atom. The van der Waals surface area contributed by atoms with Crippen molar-refractivity contribution in [3.8, 4) is 0 Å². The molecular formula is C20H35N3O. The van der Waals surface area contributed by atoms with Gasteiger partial charge in [0.25, 0.3) is 0 Å². The van der Waals surface area contributed by atoms with E-state index in [0.29, 0.717) is 17.2 Å². The number of amides is 1. The van der Waals surface area contributed by atoms with Crippen LogP contribution in [0, 0.1) is 17.3 Å². The van der Waals surface area contributed by atoms with E-state index in [1.165, 1.54) is 64.5 Å². The zero-order chi connectivity index (χ0) is 16.4. The highest BCUT2D eigenvalue weighted by Crippen LogP contribution is 2.59. The van der Waals surface area contributed by atoms with E-state index in [9.17, 15) is 4.79 Å². The number of carbonyl (C=O) groups is 1. The van der Waals surface area contributed by atoms with Gasteiger partial charge in [-0.25, -0.2) is 0 Å². The summed E-state index contributed by atoms with van der Waals surface area (Å²) in [6, 6.07) is 0. The van der Waals surface area contributed by atoms with Gasteiger partial charge in [-0.3, -0.25) is 4.79 Å². The monoisotopic (exact) mass is 333 g/mol. The molecule has 4 fully saturated rings. The molecule has 0 radical (unpaired) electrons. The van der Waals surface area contributed by atoms with Crippen LogP contribution in [0.4, 0.5) is 0 Å². The molecule has 1 spiro atoms. The molecule has 4 rings (SSSR count). The largest absolute Gasteiger partial charge is 0.341 e. The molecule has 24 heavy (non-hydrogen) atoms. The van der Waals surface area contributed by atoms with Gasteiger partial charge in [0.15, 0.2) is 0 Å². The first-order valence-electron chi connectivity index (χ1n) is 10.5. The number of rotatable bonds is 3. The first-order chi connectivity index (χ1) is 11.8. The normalized spacial score (nSPS) is 31.8. The smallest absolute Gasteiger partial charge is 0.226 e. The molecule has 4 heteroatoms. The minimum absolute atomic E-state index is 0.351. The molecule has 4 aliphatic rings. The molecule has 1 atom stereocenters. The fourth-order valence-electron chi connectivity index (χ4n) is 5.50. The van der Waals surface area contributed by atoms with Crippen molar-refractivity contribution >= 4 is 5.91 Å². The molecule has 136 valence electrons. The van der Waals surface area contributed by atoms with E-state index < -0.39 is 0 Å². The third kappa shape index (κ3) is 3.65. The number of nitrogens with one attached hydrogen (secondary N) is 1. The van der Waals surface area contributed by atoms with Crippen LogP contribution in [0.1, 0.15) is 57.8 Å². The van der Waals surface area contributed by atoms with Crippen molar-refractivity contribution in [3.63, 3.8) is 0 Å². The van der Waals surface area contributed by atoms with Crippen molar-refractivity contribution in [2.75, 3.05) is 45.8 Å². The summed E-state index contributed by atoms with van der Waals surface area (Å²) in [5.41, 5.74) is 0.385. The van der Waals surface area contributed by atoms with Gasteiger partial charge in [0.2, 0.25) is 5.91 Å². The first-order valence-corrected chi connectivity index (χ1v) is 10.5. The Morgan fingerprint density at radius 2 is 1.75 bits per heavy atom. The van der Waals surface area contributed by atoms with Crippen LogP contribution in [-0.4, -0.2) is 61.5 Å². The summed E-state index contributed by atoms with van der Waals surface area (Å²) in [7, 11) is 0. The van der Waals surface area contributed by atoms with Gasteiger partial charge in [0.05, 0.1) is 0 Å².